The van der Waals surface area contributed by atoms with Crippen molar-refractivity contribution in [1.82, 2.24) is 9.78 Å². The molecule has 0 radical (unpaired) electrons. The van der Waals surface area contributed by atoms with Gasteiger partial charge < -0.3 is 5.32 Å². The lowest BCUT2D eigenvalue weighted by Gasteiger charge is -2.08. The van der Waals surface area contributed by atoms with Gasteiger partial charge in [0.05, 0.1) is 0 Å². The minimum Gasteiger partial charge on any atom is -0.320 e. The Kier molecular flexibility index (Phi) is 3.26. The molecule has 1 N–H and O–H groups in total. The van der Waals surface area contributed by atoms with Crippen molar-refractivity contribution in [3.05, 3.63) is 45.7 Å². The van der Waals surface area contributed by atoms with Gasteiger partial charge in [-0.05, 0) is 43.9 Å². The Labute approximate surface area is 122 Å². The Morgan fingerprint density at radius 1 is 1.40 bits per heavy atom. The van der Waals surface area contributed by atoms with E-state index in [1.54, 1.807) is 6.07 Å². The van der Waals surface area contributed by atoms with E-state index in [0.717, 1.165) is 36.1 Å². The van der Waals surface area contributed by atoms with Gasteiger partial charge in [0.1, 0.15) is 0 Å². The highest BCUT2D eigenvalue weighted by Crippen LogP contribution is 2.26. The molecule has 0 saturated carbocycles. The number of halogens is 1. The summed E-state index contributed by atoms with van der Waals surface area (Å²) < 4.78 is 1.82. The van der Waals surface area contributed by atoms with Gasteiger partial charge in [0.2, 0.25) is 0 Å². The molecule has 4 nitrogen and oxygen atoms in total. The van der Waals surface area contributed by atoms with E-state index in [9.17, 15) is 4.79 Å². The lowest BCUT2D eigenvalue weighted by atomic mass is 10.1. The minimum absolute atomic E-state index is 0.158. The number of anilines is 1. The summed E-state index contributed by atoms with van der Waals surface area (Å²) in [5.41, 5.74) is 4.53. The molecule has 1 heterocycles. The van der Waals surface area contributed by atoms with Gasteiger partial charge in [-0.25, -0.2) is 0 Å². The third-order valence-corrected chi connectivity index (χ3v) is 4.01. The average molecular weight is 290 g/mol. The first kappa shape index (κ1) is 13.2. The maximum Gasteiger partial charge on any atom is 0.276 e. The number of benzene rings is 1. The molecule has 104 valence electrons. The number of rotatable bonds is 2. The van der Waals surface area contributed by atoms with Crippen LogP contribution in [0.25, 0.3) is 0 Å². The molecule has 0 fully saturated rings. The van der Waals surface area contributed by atoms with E-state index < -0.39 is 0 Å². The zero-order valence-electron chi connectivity index (χ0n) is 11.5. The normalized spacial score (nSPS) is 13.3. The molecule has 0 saturated heterocycles. The molecule has 3 rings (SSSR count). The Morgan fingerprint density at radius 2 is 2.20 bits per heavy atom. The molecule has 1 aromatic heterocycles. The molecular formula is C15H16ClN3O. The van der Waals surface area contributed by atoms with Crippen molar-refractivity contribution in [2.75, 3.05) is 5.32 Å². The molecule has 1 aliphatic rings. The number of aromatic nitrogens is 2. The number of amides is 1. The highest BCUT2D eigenvalue weighted by atomic mass is 35.5. The summed E-state index contributed by atoms with van der Waals surface area (Å²) in [6.07, 6.45) is 3.03. The molecule has 1 aromatic carbocycles. The maximum absolute atomic E-state index is 12.4. The molecule has 0 bridgehead atoms. The third kappa shape index (κ3) is 2.20. The molecule has 1 aliphatic carbocycles. The summed E-state index contributed by atoms with van der Waals surface area (Å²) in [6, 6.07) is 5.46. The van der Waals surface area contributed by atoms with Crippen LogP contribution in [-0.4, -0.2) is 15.7 Å². The van der Waals surface area contributed by atoms with Crippen molar-refractivity contribution >= 4 is 23.2 Å². The van der Waals surface area contributed by atoms with Gasteiger partial charge in [-0.1, -0.05) is 17.7 Å². The molecule has 0 atom stereocenters. The number of hydrogen-bond acceptors (Lipinski definition) is 2. The van der Waals surface area contributed by atoms with Crippen LogP contribution in [0.5, 0.6) is 0 Å². The number of nitrogens with zero attached hydrogens (tertiary/aromatic N) is 2. The zero-order valence-corrected chi connectivity index (χ0v) is 12.3. The topological polar surface area (TPSA) is 46.9 Å². The van der Waals surface area contributed by atoms with E-state index in [1.807, 2.05) is 30.8 Å². The molecule has 0 spiro atoms. The van der Waals surface area contributed by atoms with Crippen molar-refractivity contribution in [3.63, 3.8) is 0 Å². The van der Waals surface area contributed by atoms with Crippen LogP contribution >= 0.6 is 11.6 Å². The van der Waals surface area contributed by atoms with E-state index in [2.05, 4.69) is 10.4 Å². The van der Waals surface area contributed by atoms with E-state index in [-0.39, 0.29) is 5.91 Å². The molecule has 1 amide bonds. The van der Waals surface area contributed by atoms with Crippen molar-refractivity contribution in [3.8, 4) is 0 Å². The highest BCUT2D eigenvalue weighted by molar-refractivity contribution is 6.31. The maximum atomic E-state index is 12.4. The number of nitrogens with one attached hydrogen (secondary N) is 1. The van der Waals surface area contributed by atoms with Gasteiger partial charge in [-0.2, -0.15) is 5.10 Å². The average Bonchev–Trinajstić information content (AvgIpc) is 2.98. The van der Waals surface area contributed by atoms with E-state index >= 15 is 0 Å². The summed E-state index contributed by atoms with van der Waals surface area (Å²) >= 11 is 5.97. The SMILES string of the molecule is Cc1ccc(Cl)cc1NC(=O)c1nn(C)c2c1CCC2. The Morgan fingerprint density at radius 3 is 3.00 bits per heavy atom. The summed E-state index contributed by atoms with van der Waals surface area (Å²) in [7, 11) is 1.89. The van der Waals surface area contributed by atoms with E-state index in [1.165, 1.54) is 5.69 Å². The first-order chi connectivity index (χ1) is 9.56. The van der Waals surface area contributed by atoms with Crippen LogP contribution in [0, 0.1) is 6.92 Å². The second-order valence-corrected chi connectivity index (χ2v) is 5.60. The zero-order chi connectivity index (χ0) is 14.3. The Hall–Kier alpha value is -1.81. The van der Waals surface area contributed by atoms with Crippen LogP contribution in [0.1, 0.15) is 33.7 Å². The molecule has 0 unspecified atom stereocenters. The Balaban J connectivity index is 1.90. The van der Waals surface area contributed by atoms with Crippen LogP contribution < -0.4 is 5.32 Å². The van der Waals surface area contributed by atoms with Crippen LogP contribution in [0.4, 0.5) is 5.69 Å². The first-order valence-corrected chi connectivity index (χ1v) is 7.06. The van der Waals surface area contributed by atoms with Crippen LogP contribution in [0.3, 0.4) is 0 Å². The number of aryl methyl sites for hydroxylation is 2. The molecule has 0 aliphatic heterocycles. The van der Waals surface area contributed by atoms with Crippen molar-refractivity contribution < 1.29 is 4.79 Å². The number of carbonyl (C=O) groups excluding carboxylic acids is 1. The lowest BCUT2D eigenvalue weighted by molar-refractivity contribution is 0.102. The predicted octanol–water partition coefficient (Wildman–Crippen LogP) is 3.12. The quantitative estimate of drug-likeness (QED) is 0.923. The molecule has 20 heavy (non-hydrogen) atoms. The number of carbonyl (C=O) groups is 1. The van der Waals surface area contributed by atoms with Gasteiger partial charge >= 0.3 is 0 Å². The fourth-order valence-corrected chi connectivity index (χ4v) is 2.88. The van der Waals surface area contributed by atoms with Crippen LogP contribution in [0.15, 0.2) is 18.2 Å². The van der Waals surface area contributed by atoms with E-state index in [0.29, 0.717) is 10.7 Å². The van der Waals surface area contributed by atoms with Crippen LogP contribution in [-0.2, 0) is 19.9 Å². The van der Waals surface area contributed by atoms with Gasteiger partial charge in [-0.15, -0.1) is 0 Å². The summed E-state index contributed by atoms with van der Waals surface area (Å²) in [5.74, 6) is -0.158. The van der Waals surface area contributed by atoms with Crippen molar-refractivity contribution in [2.45, 2.75) is 26.2 Å². The van der Waals surface area contributed by atoms with Crippen LogP contribution in [0.2, 0.25) is 5.02 Å². The van der Waals surface area contributed by atoms with Gasteiger partial charge in [0, 0.05) is 29.0 Å². The first-order valence-electron chi connectivity index (χ1n) is 6.68. The fraction of sp³-hybridized carbons (Fsp3) is 0.333. The van der Waals surface area contributed by atoms with Gasteiger partial charge in [0.25, 0.3) is 5.91 Å². The standard InChI is InChI=1S/C15H16ClN3O/c1-9-6-7-10(16)8-12(9)17-15(20)14-11-4-3-5-13(11)19(2)18-14/h6-8H,3-5H2,1-2H3,(H,17,20). The Bertz CT molecular complexity index is 691. The number of fused-ring (bicyclic) bond motifs is 1. The van der Waals surface area contributed by atoms with Crippen molar-refractivity contribution in [2.24, 2.45) is 7.05 Å². The molecular weight excluding hydrogens is 274 g/mol. The molecule has 2 aromatic rings. The minimum atomic E-state index is -0.158. The smallest absolute Gasteiger partial charge is 0.276 e. The largest absolute Gasteiger partial charge is 0.320 e. The summed E-state index contributed by atoms with van der Waals surface area (Å²) in [6.45, 7) is 1.94. The van der Waals surface area contributed by atoms with Gasteiger partial charge in [0.15, 0.2) is 5.69 Å². The van der Waals surface area contributed by atoms with Crippen molar-refractivity contribution in [1.29, 1.82) is 0 Å². The summed E-state index contributed by atoms with van der Waals surface area (Å²) in [4.78, 5) is 12.4. The summed E-state index contributed by atoms with van der Waals surface area (Å²) in [5, 5.41) is 7.87. The second-order valence-electron chi connectivity index (χ2n) is 5.16. The predicted molar refractivity (Wildman–Crippen MR) is 79.4 cm³/mol. The lowest BCUT2D eigenvalue weighted by Crippen LogP contribution is -2.15. The monoisotopic (exact) mass is 289 g/mol. The number of hydrogen-bond donors (Lipinski definition) is 1. The molecule has 5 heteroatoms. The highest BCUT2D eigenvalue weighted by Gasteiger charge is 2.25. The van der Waals surface area contributed by atoms with Gasteiger partial charge in [-0.3, -0.25) is 9.48 Å². The van der Waals surface area contributed by atoms with E-state index in [4.69, 9.17) is 11.6 Å². The second kappa shape index (κ2) is 4.94. The third-order valence-electron chi connectivity index (χ3n) is 3.78. The fourth-order valence-electron chi connectivity index (χ4n) is 2.70.